The molecule has 0 saturated heterocycles. The molecule has 73 heavy (non-hydrogen) atoms. The van der Waals surface area contributed by atoms with Crippen molar-refractivity contribution < 1.29 is 0 Å². The molecule has 5 nitrogen and oxygen atoms in total. The normalized spacial score (nSPS) is 11.0. The second-order valence-electron chi connectivity index (χ2n) is 17.9. The van der Waals surface area contributed by atoms with Gasteiger partial charge in [-0.15, -0.1) is 0 Å². The third-order valence-electron chi connectivity index (χ3n) is 13.4. The van der Waals surface area contributed by atoms with Crippen molar-refractivity contribution in [2.45, 2.75) is 0 Å². The van der Waals surface area contributed by atoms with E-state index >= 15 is 0 Å². The zero-order valence-electron chi connectivity index (χ0n) is 40.0. The molecule has 346 valence electrons. The topological polar surface area (TPSA) is 37.2 Å². The molecule has 9 aromatic carbocycles. The molecule has 12 rings (SSSR count). The van der Waals surface area contributed by atoms with E-state index in [-0.39, 0.29) is 0 Å². The van der Waals surface area contributed by atoms with Crippen molar-refractivity contribution in [1.82, 2.24) is 14.5 Å². The lowest BCUT2D eigenvalue weighted by Gasteiger charge is -2.26. The molecule has 0 unspecified atom stereocenters. The molecule has 12 aromatic rings. The van der Waals surface area contributed by atoms with E-state index in [1.807, 2.05) is 48.8 Å². The number of anilines is 6. The molecule has 3 aromatic heterocycles. The summed E-state index contributed by atoms with van der Waals surface area (Å²) in [5.74, 6) is 0. The first-order valence-corrected chi connectivity index (χ1v) is 24.6. The smallest absolute Gasteiger partial charge is 0.0703 e. The van der Waals surface area contributed by atoms with E-state index in [2.05, 4.69) is 263 Å². The highest BCUT2D eigenvalue weighted by molar-refractivity contribution is 5.83. The zero-order valence-corrected chi connectivity index (χ0v) is 40.0. The second kappa shape index (κ2) is 20.2. The Kier molecular flexibility index (Phi) is 12.3. The van der Waals surface area contributed by atoms with Crippen molar-refractivity contribution in [3.8, 4) is 73.0 Å². The number of nitrogens with zero attached hydrogens (tertiary/aromatic N) is 5. The Bertz CT molecular complexity index is 3300. The highest BCUT2D eigenvalue weighted by Gasteiger charge is 2.19. The quantitative estimate of drug-likeness (QED) is 0.115. The molecule has 0 N–H and O–H groups in total. The molecule has 0 aliphatic heterocycles. The molecular weight excluding hydrogens is 887 g/mol. The fourth-order valence-electron chi connectivity index (χ4n) is 9.66. The molecule has 0 aliphatic carbocycles. The van der Waals surface area contributed by atoms with Crippen LogP contribution in [0.15, 0.2) is 298 Å². The highest BCUT2D eigenvalue weighted by Crippen LogP contribution is 2.41. The van der Waals surface area contributed by atoms with Crippen molar-refractivity contribution in [3.05, 3.63) is 298 Å². The number of aromatic nitrogens is 3. The third-order valence-corrected chi connectivity index (χ3v) is 13.4. The summed E-state index contributed by atoms with van der Waals surface area (Å²) in [4.78, 5) is 14.5. The van der Waals surface area contributed by atoms with Gasteiger partial charge in [0.15, 0.2) is 0 Å². The van der Waals surface area contributed by atoms with Crippen LogP contribution in [0.2, 0.25) is 0 Å². The van der Waals surface area contributed by atoms with Crippen molar-refractivity contribution in [2.24, 2.45) is 0 Å². The molecule has 3 heterocycles. The summed E-state index contributed by atoms with van der Waals surface area (Å²) < 4.78 is 2.36. The Labute approximate surface area is 426 Å². The van der Waals surface area contributed by atoms with E-state index in [4.69, 9.17) is 9.97 Å². The van der Waals surface area contributed by atoms with Crippen LogP contribution >= 0.6 is 0 Å². The lowest BCUT2D eigenvalue weighted by atomic mass is 10.0. The first-order chi connectivity index (χ1) is 36.2. The van der Waals surface area contributed by atoms with E-state index in [0.29, 0.717) is 0 Å². The molecule has 0 atom stereocenters. The van der Waals surface area contributed by atoms with Crippen LogP contribution in [-0.2, 0) is 0 Å². The Morgan fingerprint density at radius 1 is 0.219 bits per heavy atom. The fraction of sp³-hybridized carbons (Fsp3) is 0. The number of para-hydroxylation sites is 1. The SMILES string of the molecule is c1ccc(-c2ccc(N(c3ccc(-c4ccc(-c5ccc(N(c6ccc(-c7ccccc7)cc6)c6ccc(-c7ccccc7)nc6)cc5)n4-c4ccccc4)cc3)c3ccc(-c4ccccc4)nc3)cc2)cc1. The molecule has 0 bridgehead atoms. The zero-order chi connectivity index (χ0) is 48.8. The number of pyridine rings is 2. The highest BCUT2D eigenvalue weighted by atomic mass is 15.2. The Hall–Kier alpha value is -9.84. The summed E-state index contributed by atoms with van der Waals surface area (Å²) in [5, 5.41) is 0. The van der Waals surface area contributed by atoms with E-state index in [9.17, 15) is 0 Å². The number of benzene rings is 9. The molecule has 0 radical (unpaired) electrons. The fourth-order valence-corrected chi connectivity index (χ4v) is 9.66. The van der Waals surface area contributed by atoms with Crippen LogP contribution in [0.4, 0.5) is 34.1 Å². The van der Waals surface area contributed by atoms with Gasteiger partial charge in [0.25, 0.3) is 0 Å². The van der Waals surface area contributed by atoms with Gasteiger partial charge in [-0.3, -0.25) is 9.97 Å². The maximum atomic E-state index is 4.95. The second-order valence-corrected chi connectivity index (χ2v) is 17.9. The summed E-state index contributed by atoms with van der Waals surface area (Å²) in [6.07, 6.45) is 3.94. The van der Waals surface area contributed by atoms with Gasteiger partial charge in [0.1, 0.15) is 0 Å². The van der Waals surface area contributed by atoms with Crippen molar-refractivity contribution in [3.63, 3.8) is 0 Å². The van der Waals surface area contributed by atoms with E-state index < -0.39 is 0 Å². The van der Waals surface area contributed by atoms with Gasteiger partial charge < -0.3 is 14.4 Å². The average molecular weight is 936 g/mol. The minimum Gasteiger partial charge on any atom is -0.309 e. The van der Waals surface area contributed by atoms with Gasteiger partial charge in [0.05, 0.1) is 46.5 Å². The third kappa shape index (κ3) is 9.34. The molecular formula is C68H49N5. The van der Waals surface area contributed by atoms with Crippen LogP contribution in [0, 0.1) is 0 Å². The summed E-state index contributed by atoms with van der Waals surface area (Å²) in [6.45, 7) is 0. The van der Waals surface area contributed by atoms with Crippen molar-refractivity contribution in [1.29, 1.82) is 0 Å². The largest absolute Gasteiger partial charge is 0.309 e. The van der Waals surface area contributed by atoms with Crippen LogP contribution in [0.3, 0.4) is 0 Å². The Morgan fingerprint density at radius 3 is 0.808 bits per heavy atom. The summed E-state index contributed by atoms with van der Waals surface area (Å²) in [5.41, 5.74) is 20.3. The van der Waals surface area contributed by atoms with Crippen molar-refractivity contribution in [2.75, 3.05) is 9.80 Å². The van der Waals surface area contributed by atoms with E-state index in [0.717, 1.165) is 84.8 Å². The van der Waals surface area contributed by atoms with Gasteiger partial charge in [-0.25, -0.2) is 0 Å². The van der Waals surface area contributed by atoms with Gasteiger partial charge in [0.2, 0.25) is 0 Å². The van der Waals surface area contributed by atoms with Crippen LogP contribution < -0.4 is 9.80 Å². The molecule has 0 aliphatic rings. The molecule has 0 amide bonds. The van der Waals surface area contributed by atoms with Crippen molar-refractivity contribution >= 4 is 34.1 Å². The Morgan fingerprint density at radius 2 is 0.493 bits per heavy atom. The maximum Gasteiger partial charge on any atom is 0.0703 e. The lowest BCUT2D eigenvalue weighted by molar-refractivity contribution is 1.09. The predicted octanol–water partition coefficient (Wildman–Crippen LogP) is 18.2. The predicted molar refractivity (Wildman–Crippen MR) is 303 cm³/mol. The van der Waals surface area contributed by atoms with Gasteiger partial charge in [0, 0.05) is 39.6 Å². The summed E-state index contributed by atoms with van der Waals surface area (Å²) >= 11 is 0. The van der Waals surface area contributed by atoms with E-state index in [1.54, 1.807) is 0 Å². The minimum atomic E-state index is 0.934. The van der Waals surface area contributed by atoms with Gasteiger partial charge in [-0.05, 0) is 130 Å². The van der Waals surface area contributed by atoms with Crippen LogP contribution in [0.25, 0.3) is 73.0 Å². The maximum absolute atomic E-state index is 4.95. The summed E-state index contributed by atoms with van der Waals surface area (Å²) in [6, 6.07) is 101. The van der Waals surface area contributed by atoms with E-state index in [1.165, 1.54) is 22.3 Å². The molecule has 5 heteroatoms. The first-order valence-electron chi connectivity index (χ1n) is 24.6. The number of rotatable bonds is 13. The molecule has 0 fully saturated rings. The minimum absolute atomic E-state index is 0.934. The monoisotopic (exact) mass is 935 g/mol. The summed E-state index contributed by atoms with van der Waals surface area (Å²) in [7, 11) is 0. The van der Waals surface area contributed by atoms with Gasteiger partial charge in [-0.2, -0.15) is 0 Å². The van der Waals surface area contributed by atoms with Gasteiger partial charge in [-0.1, -0.05) is 188 Å². The van der Waals surface area contributed by atoms with Gasteiger partial charge >= 0.3 is 0 Å². The number of hydrogen-bond acceptors (Lipinski definition) is 4. The van der Waals surface area contributed by atoms with Crippen LogP contribution in [0.5, 0.6) is 0 Å². The Balaban J connectivity index is 0.890. The average Bonchev–Trinajstić information content (AvgIpc) is 3.93. The molecule has 0 spiro atoms. The number of hydrogen-bond donors (Lipinski definition) is 0. The first kappa shape index (κ1) is 44.4. The van der Waals surface area contributed by atoms with Crippen LogP contribution in [0.1, 0.15) is 0 Å². The van der Waals surface area contributed by atoms with Crippen LogP contribution in [-0.4, -0.2) is 14.5 Å². The molecule has 0 saturated carbocycles. The lowest BCUT2D eigenvalue weighted by Crippen LogP contribution is -2.10. The standard InChI is InChI=1S/C68H49N5/c1-6-16-50(17-7-1)52-26-34-59(35-27-52)71(63-42-44-65(69-48-63)54-20-10-3-11-21-54)61-38-30-56(31-39-61)67-46-47-68(73(67)58-24-14-5-15-25-58)57-32-40-62(41-33-57)72(60-36-28-53(29-37-60)51-18-8-2-9-19-51)64-43-45-66(70-49-64)55-22-12-4-13-23-55/h1-49H.